The molecule has 0 radical (unpaired) electrons. The van der Waals surface area contributed by atoms with Gasteiger partial charge in [-0.25, -0.2) is 4.79 Å². The van der Waals surface area contributed by atoms with Gasteiger partial charge in [-0.3, -0.25) is 4.72 Å². The molecule has 6 heteroatoms. The normalized spacial score (nSPS) is 13.4. The summed E-state index contributed by atoms with van der Waals surface area (Å²) >= 11 is 1.62. The van der Waals surface area contributed by atoms with E-state index in [-0.39, 0.29) is 18.8 Å². The first-order valence-electron chi connectivity index (χ1n) is 7.14. The molecule has 1 atom stereocenters. The maximum atomic E-state index is 11.9. The van der Waals surface area contributed by atoms with Crippen molar-refractivity contribution in [2.75, 3.05) is 13.7 Å². The highest BCUT2D eigenvalue weighted by Gasteiger charge is 2.38. The predicted molar refractivity (Wildman–Crippen MR) is 90.4 cm³/mol. The number of hydrogen-bond acceptors (Lipinski definition) is 6. The van der Waals surface area contributed by atoms with Crippen molar-refractivity contribution in [1.82, 2.24) is 4.72 Å². The van der Waals surface area contributed by atoms with Gasteiger partial charge in [-0.1, -0.05) is 42.8 Å². The van der Waals surface area contributed by atoms with Crippen molar-refractivity contribution < 1.29 is 14.6 Å². The van der Waals surface area contributed by atoms with Gasteiger partial charge in [-0.05, 0) is 37.9 Å². The van der Waals surface area contributed by atoms with Crippen LogP contribution in [0, 0.1) is 0 Å². The number of aryl methyl sites for hydroxylation is 1. The smallest absolute Gasteiger partial charge is 0.334 e. The molecule has 22 heavy (non-hydrogen) atoms. The predicted octanol–water partition coefficient (Wildman–Crippen LogP) is 2.32. The second kappa shape index (κ2) is 8.82. The average molecular weight is 324 g/mol. The van der Waals surface area contributed by atoms with Crippen LogP contribution >= 0.6 is 11.9 Å². The summed E-state index contributed by atoms with van der Waals surface area (Å²) in [5, 5.41) is 9.66. The number of hydrogen-bond donors (Lipinski definition) is 3. The van der Waals surface area contributed by atoms with Crippen molar-refractivity contribution in [1.29, 1.82) is 0 Å². The van der Waals surface area contributed by atoms with Gasteiger partial charge in [0.05, 0.1) is 6.61 Å². The van der Waals surface area contributed by atoms with Crippen LogP contribution in [0.4, 0.5) is 0 Å². The number of nitrogens with one attached hydrogen (secondary N) is 1. The molecule has 0 aliphatic rings. The number of carbonyl (C=O) groups excluding carboxylic acids is 1. The first kappa shape index (κ1) is 18.5. The number of rotatable bonds is 9. The van der Waals surface area contributed by atoms with Crippen LogP contribution in [0.1, 0.15) is 24.5 Å². The van der Waals surface area contributed by atoms with E-state index in [9.17, 15) is 9.90 Å². The lowest BCUT2D eigenvalue weighted by Crippen LogP contribution is -2.51. The van der Waals surface area contributed by atoms with Crippen molar-refractivity contribution in [3.05, 3.63) is 47.7 Å². The number of carbonyl (C=O) groups is 1. The zero-order valence-electron chi connectivity index (χ0n) is 13.1. The van der Waals surface area contributed by atoms with Crippen LogP contribution in [0.3, 0.4) is 0 Å². The minimum atomic E-state index is -1.56. The van der Waals surface area contributed by atoms with Gasteiger partial charge in [0, 0.05) is 5.75 Å². The lowest BCUT2D eigenvalue weighted by molar-refractivity contribution is -0.149. The summed E-state index contributed by atoms with van der Waals surface area (Å²) in [6.07, 6.45) is 0.792. The van der Waals surface area contributed by atoms with Crippen molar-refractivity contribution >= 4 is 17.9 Å². The highest BCUT2D eigenvalue weighted by atomic mass is 32.2. The third-order valence-corrected chi connectivity index (χ3v) is 4.14. The summed E-state index contributed by atoms with van der Waals surface area (Å²) in [5.41, 5.74) is 6.67. The summed E-state index contributed by atoms with van der Waals surface area (Å²) in [6, 6.07) is 8.07. The third kappa shape index (κ3) is 5.05. The molecule has 0 aromatic heterocycles. The Morgan fingerprint density at radius 1 is 1.41 bits per heavy atom. The van der Waals surface area contributed by atoms with Gasteiger partial charge in [0.25, 0.3) is 0 Å². The Balaban J connectivity index is 2.69. The van der Waals surface area contributed by atoms with Gasteiger partial charge in [0.2, 0.25) is 0 Å². The molecule has 0 amide bonds. The van der Waals surface area contributed by atoms with Crippen molar-refractivity contribution in [2.45, 2.75) is 31.1 Å². The average Bonchev–Trinajstić information content (AvgIpc) is 2.51. The molecule has 0 spiro atoms. The second-order valence-electron chi connectivity index (χ2n) is 4.95. The first-order valence-corrected chi connectivity index (χ1v) is 8.13. The Kier molecular flexibility index (Phi) is 7.44. The third-order valence-electron chi connectivity index (χ3n) is 3.37. The van der Waals surface area contributed by atoms with E-state index in [1.54, 1.807) is 18.9 Å². The Morgan fingerprint density at radius 2 is 2.00 bits per heavy atom. The zero-order chi connectivity index (χ0) is 16.6. The number of nitrogens with two attached hydrogens (primary N) is 1. The molecule has 0 fully saturated rings. The summed E-state index contributed by atoms with van der Waals surface area (Å²) < 4.78 is 7.95. The SMILES string of the molecule is C=C(O)C(N)(CCc1ccc(CSNC)cc1)C(=O)OCC. The maximum absolute atomic E-state index is 11.9. The number of esters is 1. The van der Waals surface area contributed by atoms with Gasteiger partial charge in [-0.2, -0.15) is 0 Å². The Labute approximate surface area is 136 Å². The van der Waals surface area contributed by atoms with Crippen molar-refractivity contribution in [3.63, 3.8) is 0 Å². The monoisotopic (exact) mass is 324 g/mol. The standard InChI is InChI=1S/C16H24N2O3S/c1-4-21-15(20)16(17,12(2)19)10-9-13-5-7-14(8-6-13)11-22-18-3/h5-8,18-19H,2,4,9-11,17H2,1,3H3. The highest BCUT2D eigenvalue weighted by Crippen LogP contribution is 2.20. The molecule has 122 valence electrons. The topological polar surface area (TPSA) is 84.6 Å². The summed E-state index contributed by atoms with van der Waals surface area (Å²) in [7, 11) is 1.89. The fourth-order valence-electron chi connectivity index (χ4n) is 1.92. The highest BCUT2D eigenvalue weighted by molar-refractivity contribution is 7.96. The van der Waals surface area contributed by atoms with Crippen LogP contribution < -0.4 is 10.5 Å². The van der Waals surface area contributed by atoms with Gasteiger partial charge in [-0.15, -0.1) is 0 Å². The second-order valence-corrected chi connectivity index (χ2v) is 5.93. The van der Waals surface area contributed by atoms with E-state index >= 15 is 0 Å². The number of aliphatic hydroxyl groups is 1. The fraction of sp³-hybridized carbons (Fsp3) is 0.438. The molecule has 0 aliphatic carbocycles. The van der Waals surface area contributed by atoms with Crippen LogP contribution in [0.15, 0.2) is 36.6 Å². The van der Waals surface area contributed by atoms with Crippen LogP contribution in [-0.2, 0) is 21.7 Å². The number of benzene rings is 1. The Morgan fingerprint density at radius 3 is 2.50 bits per heavy atom. The van der Waals surface area contributed by atoms with Gasteiger partial charge in [0.1, 0.15) is 5.76 Å². The lowest BCUT2D eigenvalue weighted by atomic mass is 9.90. The fourth-order valence-corrected chi connectivity index (χ4v) is 2.43. The molecule has 0 bridgehead atoms. The molecular formula is C16H24N2O3S. The molecule has 1 rings (SSSR count). The first-order chi connectivity index (χ1) is 10.4. The van der Waals surface area contributed by atoms with Crippen molar-refractivity contribution in [2.24, 2.45) is 5.73 Å². The van der Waals surface area contributed by atoms with Gasteiger partial charge >= 0.3 is 5.97 Å². The van der Waals surface area contributed by atoms with Crippen LogP contribution in [0.25, 0.3) is 0 Å². The molecule has 1 aromatic rings. The summed E-state index contributed by atoms with van der Waals surface area (Å²) in [6.45, 7) is 5.32. The number of ether oxygens (including phenoxy) is 1. The van der Waals surface area contributed by atoms with Crippen LogP contribution in [-0.4, -0.2) is 30.3 Å². The van der Waals surface area contributed by atoms with Crippen molar-refractivity contribution in [3.8, 4) is 0 Å². The van der Waals surface area contributed by atoms with E-state index in [4.69, 9.17) is 10.5 Å². The van der Waals surface area contributed by atoms with Gasteiger partial charge in [0.15, 0.2) is 5.54 Å². The Bertz CT molecular complexity index is 505. The lowest BCUT2D eigenvalue weighted by Gasteiger charge is -2.25. The minimum absolute atomic E-state index is 0.211. The molecule has 1 unspecified atom stereocenters. The van der Waals surface area contributed by atoms with E-state index < -0.39 is 11.5 Å². The van der Waals surface area contributed by atoms with Gasteiger partial charge < -0.3 is 15.6 Å². The molecule has 0 heterocycles. The summed E-state index contributed by atoms with van der Waals surface area (Å²) in [4.78, 5) is 11.9. The summed E-state index contributed by atoms with van der Waals surface area (Å²) in [5.74, 6) is -0.133. The molecule has 0 saturated heterocycles. The Hall–Kier alpha value is -1.50. The van der Waals surface area contributed by atoms with Crippen LogP contribution in [0.5, 0.6) is 0 Å². The van der Waals surface area contributed by atoms with E-state index in [0.29, 0.717) is 6.42 Å². The molecule has 0 saturated carbocycles. The molecule has 4 N–H and O–H groups in total. The molecule has 5 nitrogen and oxygen atoms in total. The maximum Gasteiger partial charge on any atom is 0.334 e. The quantitative estimate of drug-likeness (QED) is 0.367. The zero-order valence-corrected chi connectivity index (χ0v) is 13.9. The molecule has 0 aliphatic heterocycles. The minimum Gasteiger partial charge on any atom is -0.510 e. The molecular weight excluding hydrogens is 300 g/mol. The van der Waals surface area contributed by atoms with E-state index in [1.807, 2.05) is 31.3 Å². The van der Waals surface area contributed by atoms with E-state index in [1.165, 1.54) is 5.56 Å². The van der Waals surface area contributed by atoms with E-state index in [0.717, 1.165) is 11.3 Å². The van der Waals surface area contributed by atoms with E-state index in [2.05, 4.69) is 11.3 Å². The van der Waals surface area contributed by atoms with Crippen LogP contribution in [0.2, 0.25) is 0 Å². The molecule has 1 aromatic carbocycles. The largest absolute Gasteiger partial charge is 0.510 e. The number of aliphatic hydroxyl groups excluding tert-OH is 1.